The van der Waals surface area contributed by atoms with E-state index in [1.54, 1.807) is 13.2 Å². The third-order valence-corrected chi connectivity index (χ3v) is 3.66. The van der Waals surface area contributed by atoms with Crippen LogP contribution in [0.5, 0.6) is 5.75 Å². The molecule has 1 aromatic rings. The molecule has 1 heterocycles. The lowest BCUT2D eigenvalue weighted by atomic mass is 10.0. The molecule has 1 N–H and O–H groups in total. The molecule has 0 aliphatic carbocycles. The van der Waals surface area contributed by atoms with E-state index in [2.05, 4.69) is 18.3 Å². The molecule has 0 saturated carbocycles. The lowest BCUT2D eigenvalue weighted by Crippen LogP contribution is -2.26. The van der Waals surface area contributed by atoms with Crippen LogP contribution in [0.1, 0.15) is 24.5 Å². The summed E-state index contributed by atoms with van der Waals surface area (Å²) in [6, 6.07) is 7.80. The molecule has 2 rings (SSSR count). The van der Waals surface area contributed by atoms with E-state index in [9.17, 15) is 0 Å². The Bertz CT molecular complexity index is 468. The quantitative estimate of drug-likeness (QED) is 0.880. The van der Waals surface area contributed by atoms with Crippen LogP contribution in [0.2, 0.25) is 0 Å². The van der Waals surface area contributed by atoms with E-state index in [4.69, 9.17) is 14.7 Å². The van der Waals surface area contributed by atoms with Crippen LogP contribution < -0.4 is 10.1 Å². The van der Waals surface area contributed by atoms with Crippen molar-refractivity contribution >= 4 is 0 Å². The van der Waals surface area contributed by atoms with Crippen molar-refractivity contribution in [3.63, 3.8) is 0 Å². The van der Waals surface area contributed by atoms with Crippen LogP contribution in [0.3, 0.4) is 0 Å². The van der Waals surface area contributed by atoms with Crippen molar-refractivity contribution in [3.05, 3.63) is 29.3 Å². The standard InChI is InChI=1S/C15H20N2O2/c1-11-14(5-6-19-11)10-17-9-12-3-4-13(8-16)15(7-12)18-2/h3-4,7,11,14,17H,5-6,9-10H2,1-2H3. The Morgan fingerprint density at radius 3 is 3.00 bits per heavy atom. The first kappa shape index (κ1) is 13.9. The lowest BCUT2D eigenvalue weighted by Gasteiger charge is -2.15. The maximum Gasteiger partial charge on any atom is 0.136 e. The highest BCUT2D eigenvalue weighted by atomic mass is 16.5. The topological polar surface area (TPSA) is 54.3 Å². The van der Waals surface area contributed by atoms with Crippen molar-refractivity contribution in [1.29, 1.82) is 5.26 Å². The highest BCUT2D eigenvalue weighted by molar-refractivity contribution is 5.45. The fourth-order valence-corrected chi connectivity index (χ4v) is 2.38. The Morgan fingerprint density at radius 2 is 2.37 bits per heavy atom. The summed E-state index contributed by atoms with van der Waals surface area (Å²) >= 11 is 0. The lowest BCUT2D eigenvalue weighted by molar-refractivity contribution is 0.105. The third-order valence-electron chi connectivity index (χ3n) is 3.66. The van der Waals surface area contributed by atoms with E-state index in [0.29, 0.717) is 23.3 Å². The summed E-state index contributed by atoms with van der Waals surface area (Å²) in [5.74, 6) is 1.24. The number of ether oxygens (including phenoxy) is 2. The first-order valence-electron chi connectivity index (χ1n) is 6.64. The number of methoxy groups -OCH3 is 1. The van der Waals surface area contributed by atoms with Gasteiger partial charge in [-0.1, -0.05) is 6.07 Å². The average Bonchev–Trinajstić information content (AvgIpc) is 2.84. The second kappa shape index (κ2) is 6.55. The van der Waals surface area contributed by atoms with Gasteiger partial charge in [-0.25, -0.2) is 0 Å². The molecule has 19 heavy (non-hydrogen) atoms. The van der Waals surface area contributed by atoms with Gasteiger partial charge in [0.2, 0.25) is 0 Å². The van der Waals surface area contributed by atoms with Crippen LogP contribution >= 0.6 is 0 Å². The molecule has 2 unspecified atom stereocenters. The highest BCUT2D eigenvalue weighted by Gasteiger charge is 2.23. The molecule has 1 fully saturated rings. The van der Waals surface area contributed by atoms with Gasteiger partial charge >= 0.3 is 0 Å². The van der Waals surface area contributed by atoms with E-state index in [1.165, 1.54) is 0 Å². The van der Waals surface area contributed by atoms with Crippen LogP contribution in [-0.4, -0.2) is 26.4 Å². The summed E-state index contributed by atoms with van der Waals surface area (Å²) in [6.45, 7) is 4.75. The molecular weight excluding hydrogens is 240 g/mol. The SMILES string of the molecule is COc1cc(CNCC2CCOC2C)ccc1C#N. The smallest absolute Gasteiger partial charge is 0.136 e. The van der Waals surface area contributed by atoms with Crippen LogP contribution in [0.25, 0.3) is 0 Å². The molecule has 0 bridgehead atoms. The van der Waals surface area contributed by atoms with Crippen LogP contribution in [0.4, 0.5) is 0 Å². The van der Waals surface area contributed by atoms with E-state index < -0.39 is 0 Å². The molecule has 0 amide bonds. The zero-order valence-electron chi connectivity index (χ0n) is 11.5. The predicted molar refractivity (Wildman–Crippen MR) is 72.9 cm³/mol. The molecule has 0 radical (unpaired) electrons. The fourth-order valence-electron chi connectivity index (χ4n) is 2.38. The number of nitrogens with zero attached hydrogens (tertiary/aromatic N) is 1. The number of hydrogen-bond donors (Lipinski definition) is 1. The Balaban J connectivity index is 1.87. The van der Waals surface area contributed by atoms with Gasteiger partial charge in [0.15, 0.2) is 0 Å². The number of rotatable bonds is 5. The van der Waals surface area contributed by atoms with Crippen LogP contribution in [0, 0.1) is 17.2 Å². The van der Waals surface area contributed by atoms with E-state index in [1.807, 2.05) is 12.1 Å². The number of nitriles is 1. The maximum atomic E-state index is 8.93. The van der Waals surface area contributed by atoms with Gasteiger partial charge < -0.3 is 14.8 Å². The summed E-state index contributed by atoms with van der Waals surface area (Å²) in [4.78, 5) is 0. The molecule has 1 aliphatic rings. The van der Waals surface area contributed by atoms with Crippen molar-refractivity contribution < 1.29 is 9.47 Å². The van der Waals surface area contributed by atoms with Crippen molar-refractivity contribution in [2.75, 3.05) is 20.3 Å². The zero-order valence-corrected chi connectivity index (χ0v) is 11.5. The minimum absolute atomic E-state index is 0.350. The normalized spacial score (nSPS) is 22.2. The van der Waals surface area contributed by atoms with Gasteiger partial charge in [0.1, 0.15) is 11.8 Å². The molecular formula is C15H20N2O2. The van der Waals surface area contributed by atoms with Crippen LogP contribution in [0.15, 0.2) is 18.2 Å². The highest BCUT2D eigenvalue weighted by Crippen LogP contribution is 2.21. The molecule has 0 aromatic heterocycles. The van der Waals surface area contributed by atoms with Crippen molar-refractivity contribution in [2.45, 2.75) is 26.0 Å². The second-order valence-corrected chi connectivity index (χ2v) is 4.90. The molecule has 1 aliphatic heterocycles. The number of nitrogens with one attached hydrogen (secondary N) is 1. The zero-order chi connectivity index (χ0) is 13.7. The largest absolute Gasteiger partial charge is 0.495 e. The monoisotopic (exact) mass is 260 g/mol. The Labute approximate surface area is 114 Å². The summed E-state index contributed by atoms with van der Waals surface area (Å²) in [6.07, 6.45) is 1.48. The van der Waals surface area contributed by atoms with Gasteiger partial charge in [-0.15, -0.1) is 0 Å². The first-order chi connectivity index (χ1) is 9.24. The summed E-state index contributed by atoms with van der Waals surface area (Å²) < 4.78 is 10.7. The number of benzene rings is 1. The average molecular weight is 260 g/mol. The Kier molecular flexibility index (Phi) is 4.78. The molecule has 1 aromatic carbocycles. The van der Waals surface area contributed by atoms with Gasteiger partial charge in [-0.3, -0.25) is 0 Å². The Hall–Kier alpha value is -1.57. The molecule has 2 atom stereocenters. The summed E-state index contributed by atoms with van der Waals surface area (Å²) in [7, 11) is 1.59. The van der Waals surface area contributed by atoms with E-state index >= 15 is 0 Å². The van der Waals surface area contributed by atoms with Crippen LogP contribution in [-0.2, 0) is 11.3 Å². The third kappa shape index (κ3) is 3.46. The molecule has 4 heteroatoms. The van der Waals surface area contributed by atoms with Gasteiger partial charge in [-0.2, -0.15) is 5.26 Å². The molecule has 4 nitrogen and oxygen atoms in total. The van der Waals surface area contributed by atoms with Crippen molar-refractivity contribution in [3.8, 4) is 11.8 Å². The van der Waals surface area contributed by atoms with Crippen molar-refractivity contribution in [2.24, 2.45) is 5.92 Å². The minimum Gasteiger partial charge on any atom is -0.495 e. The molecule has 0 spiro atoms. The van der Waals surface area contributed by atoms with Crippen molar-refractivity contribution in [1.82, 2.24) is 5.32 Å². The van der Waals surface area contributed by atoms with Gasteiger partial charge in [0, 0.05) is 19.7 Å². The molecule has 1 saturated heterocycles. The summed E-state index contributed by atoms with van der Waals surface area (Å²) in [5, 5.41) is 12.4. The van der Waals surface area contributed by atoms with E-state index in [-0.39, 0.29) is 0 Å². The van der Waals surface area contributed by atoms with Gasteiger partial charge in [-0.05, 0) is 37.0 Å². The van der Waals surface area contributed by atoms with E-state index in [0.717, 1.165) is 31.7 Å². The predicted octanol–water partition coefficient (Wildman–Crippen LogP) is 2.08. The Morgan fingerprint density at radius 1 is 1.53 bits per heavy atom. The van der Waals surface area contributed by atoms with Gasteiger partial charge in [0.25, 0.3) is 0 Å². The summed E-state index contributed by atoms with van der Waals surface area (Å²) in [5.41, 5.74) is 1.70. The minimum atomic E-state index is 0.350. The molecule has 102 valence electrons. The maximum absolute atomic E-state index is 8.93. The van der Waals surface area contributed by atoms with Gasteiger partial charge in [0.05, 0.1) is 18.8 Å². The fraction of sp³-hybridized carbons (Fsp3) is 0.533. The second-order valence-electron chi connectivity index (χ2n) is 4.90. The number of hydrogen-bond acceptors (Lipinski definition) is 4. The first-order valence-corrected chi connectivity index (χ1v) is 6.64.